The number of hydrogen-bond donors (Lipinski definition) is 0. The first-order valence-electron chi connectivity index (χ1n) is 4.07. The molecular formula is C8H9BrN2O4. The smallest absolute Gasteiger partial charge is 0.407 e. The maximum absolute atomic E-state index is 10.6. The Morgan fingerprint density at radius 2 is 2.33 bits per heavy atom. The number of nitro groups is 1. The lowest BCUT2D eigenvalue weighted by Gasteiger charge is -2.06. The first kappa shape index (κ1) is 11.9. The Morgan fingerprint density at radius 1 is 1.60 bits per heavy atom. The molecule has 0 aliphatic rings. The lowest BCUT2D eigenvalue weighted by molar-refractivity contribution is -0.390. The molecule has 1 aromatic rings. The van der Waals surface area contributed by atoms with Crippen LogP contribution in [0.25, 0.3) is 0 Å². The maximum Gasteiger partial charge on any atom is 0.407 e. The Balaban J connectivity index is 2.87. The average Bonchev–Trinajstić information content (AvgIpc) is 2.20. The molecule has 82 valence electrons. The summed E-state index contributed by atoms with van der Waals surface area (Å²) < 4.78 is 10.5. The Labute approximate surface area is 94.5 Å². The largest absolute Gasteiger partial charge is 0.482 e. The Bertz CT molecular complexity index is 358. The van der Waals surface area contributed by atoms with E-state index in [2.05, 4.69) is 20.9 Å². The second-order valence-corrected chi connectivity index (χ2v) is 3.40. The van der Waals surface area contributed by atoms with Crippen molar-refractivity contribution < 1.29 is 14.4 Å². The van der Waals surface area contributed by atoms with Gasteiger partial charge in [0, 0.05) is 13.2 Å². The molecule has 0 radical (unpaired) electrons. The van der Waals surface area contributed by atoms with Crippen molar-refractivity contribution >= 4 is 21.7 Å². The fourth-order valence-corrected chi connectivity index (χ4v) is 1.32. The fourth-order valence-electron chi connectivity index (χ4n) is 0.905. The van der Waals surface area contributed by atoms with Crippen molar-refractivity contribution in [3.05, 3.63) is 26.9 Å². The molecule has 0 atom stereocenters. The van der Waals surface area contributed by atoms with E-state index in [1.165, 1.54) is 13.3 Å². The molecule has 0 unspecified atom stereocenters. The van der Waals surface area contributed by atoms with Gasteiger partial charge >= 0.3 is 5.82 Å². The third-order valence-corrected chi connectivity index (χ3v) is 2.17. The first-order valence-corrected chi connectivity index (χ1v) is 4.86. The van der Waals surface area contributed by atoms with Crippen molar-refractivity contribution in [1.29, 1.82) is 0 Å². The zero-order chi connectivity index (χ0) is 11.3. The molecule has 6 nitrogen and oxygen atoms in total. The topological polar surface area (TPSA) is 74.5 Å². The number of methoxy groups -OCH3 is 1. The monoisotopic (exact) mass is 276 g/mol. The molecule has 0 amide bonds. The van der Waals surface area contributed by atoms with Gasteiger partial charge in [-0.1, -0.05) is 0 Å². The SMILES string of the molecule is COCCOc1c(Br)ccnc1[N+](=O)[O-]. The van der Waals surface area contributed by atoms with Gasteiger partial charge < -0.3 is 19.6 Å². The summed E-state index contributed by atoms with van der Waals surface area (Å²) in [6.45, 7) is 0.597. The van der Waals surface area contributed by atoms with E-state index in [-0.39, 0.29) is 18.2 Å². The van der Waals surface area contributed by atoms with Crippen LogP contribution in [-0.4, -0.2) is 30.2 Å². The van der Waals surface area contributed by atoms with Crippen LogP contribution in [0.15, 0.2) is 16.7 Å². The van der Waals surface area contributed by atoms with Crippen molar-refractivity contribution in [1.82, 2.24) is 4.98 Å². The molecular weight excluding hydrogens is 268 g/mol. The van der Waals surface area contributed by atoms with Crippen molar-refractivity contribution in [2.45, 2.75) is 0 Å². The van der Waals surface area contributed by atoms with Gasteiger partial charge in [0.25, 0.3) is 0 Å². The third-order valence-electron chi connectivity index (χ3n) is 1.54. The molecule has 0 saturated heterocycles. The molecule has 0 aliphatic carbocycles. The van der Waals surface area contributed by atoms with Gasteiger partial charge in [0.05, 0.1) is 11.1 Å². The van der Waals surface area contributed by atoms with Gasteiger partial charge in [0.2, 0.25) is 5.75 Å². The van der Waals surface area contributed by atoms with Crippen LogP contribution < -0.4 is 4.74 Å². The lowest BCUT2D eigenvalue weighted by Crippen LogP contribution is -2.07. The van der Waals surface area contributed by atoms with Crippen molar-refractivity contribution in [2.75, 3.05) is 20.3 Å². The first-order chi connectivity index (χ1) is 7.16. The van der Waals surface area contributed by atoms with Crippen LogP contribution in [0.4, 0.5) is 5.82 Å². The van der Waals surface area contributed by atoms with E-state index in [0.29, 0.717) is 11.1 Å². The molecule has 0 N–H and O–H groups in total. The van der Waals surface area contributed by atoms with E-state index in [1.807, 2.05) is 0 Å². The highest BCUT2D eigenvalue weighted by atomic mass is 79.9. The van der Waals surface area contributed by atoms with E-state index in [1.54, 1.807) is 6.07 Å². The summed E-state index contributed by atoms with van der Waals surface area (Å²) >= 11 is 3.16. The average molecular weight is 277 g/mol. The van der Waals surface area contributed by atoms with Crippen molar-refractivity contribution in [2.24, 2.45) is 0 Å². The van der Waals surface area contributed by atoms with Crippen LogP contribution >= 0.6 is 15.9 Å². The molecule has 0 fully saturated rings. The van der Waals surface area contributed by atoms with Gasteiger partial charge in [-0.25, -0.2) is 0 Å². The summed E-state index contributed by atoms with van der Waals surface area (Å²) in [5.74, 6) is -0.181. The highest BCUT2D eigenvalue weighted by Crippen LogP contribution is 2.32. The third kappa shape index (κ3) is 3.14. The molecule has 0 spiro atoms. The highest BCUT2D eigenvalue weighted by molar-refractivity contribution is 9.10. The second kappa shape index (κ2) is 5.62. The number of nitrogens with zero attached hydrogens (tertiary/aromatic N) is 2. The fraction of sp³-hybridized carbons (Fsp3) is 0.375. The normalized spacial score (nSPS) is 10.0. The van der Waals surface area contributed by atoms with Crippen molar-refractivity contribution in [3.8, 4) is 5.75 Å². The van der Waals surface area contributed by atoms with Gasteiger partial charge in [-0.3, -0.25) is 0 Å². The van der Waals surface area contributed by atoms with E-state index in [4.69, 9.17) is 9.47 Å². The van der Waals surface area contributed by atoms with Crippen LogP contribution in [0.5, 0.6) is 5.75 Å². The molecule has 0 saturated carbocycles. The number of halogens is 1. The van der Waals surface area contributed by atoms with Gasteiger partial charge in [0.1, 0.15) is 12.8 Å². The molecule has 1 aromatic heterocycles. The molecule has 1 rings (SSSR count). The minimum atomic E-state index is -0.590. The predicted molar refractivity (Wildman–Crippen MR) is 56.0 cm³/mol. The van der Waals surface area contributed by atoms with Gasteiger partial charge in [0.15, 0.2) is 0 Å². The number of pyridine rings is 1. The number of ether oxygens (including phenoxy) is 2. The number of rotatable bonds is 5. The summed E-state index contributed by atoms with van der Waals surface area (Å²) in [4.78, 5) is 13.7. The molecule has 0 bridgehead atoms. The van der Waals surface area contributed by atoms with Gasteiger partial charge in [-0.2, -0.15) is 0 Å². The standard InChI is InChI=1S/C8H9BrN2O4/c1-14-4-5-15-7-6(9)2-3-10-8(7)11(12)13/h2-3H,4-5H2,1H3. The molecule has 1 heterocycles. The molecule has 0 aliphatic heterocycles. The summed E-state index contributed by atoms with van der Waals surface area (Å²) in [6, 6.07) is 1.58. The zero-order valence-corrected chi connectivity index (χ0v) is 9.56. The Morgan fingerprint density at radius 3 is 2.93 bits per heavy atom. The second-order valence-electron chi connectivity index (χ2n) is 2.54. The zero-order valence-electron chi connectivity index (χ0n) is 7.97. The highest BCUT2D eigenvalue weighted by Gasteiger charge is 2.19. The molecule has 15 heavy (non-hydrogen) atoms. The number of hydrogen-bond acceptors (Lipinski definition) is 5. The molecule has 7 heteroatoms. The summed E-state index contributed by atoms with van der Waals surface area (Å²) in [7, 11) is 1.52. The van der Waals surface area contributed by atoms with E-state index in [9.17, 15) is 10.1 Å². The van der Waals surface area contributed by atoms with Crippen LogP contribution in [0.3, 0.4) is 0 Å². The lowest BCUT2D eigenvalue weighted by atomic mass is 10.4. The number of aromatic nitrogens is 1. The summed E-state index contributed by atoms with van der Waals surface area (Å²) in [6.07, 6.45) is 1.34. The minimum Gasteiger partial charge on any atom is -0.482 e. The summed E-state index contributed by atoms with van der Waals surface area (Å²) in [5, 5.41) is 10.6. The van der Waals surface area contributed by atoms with E-state index < -0.39 is 4.92 Å². The van der Waals surface area contributed by atoms with Gasteiger partial charge in [-0.15, -0.1) is 0 Å². The predicted octanol–water partition coefficient (Wildman–Crippen LogP) is 1.78. The van der Waals surface area contributed by atoms with Crippen LogP contribution in [0.2, 0.25) is 0 Å². The van der Waals surface area contributed by atoms with Crippen LogP contribution in [0.1, 0.15) is 0 Å². The van der Waals surface area contributed by atoms with E-state index in [0.717, 1.165) is 0 Å². The van der Waals surface area contributed by atoms with Crippen LogP contribution in [0, 0.1) is 10.1 Å². The minimum absolute atomic E-state index is 0.125. The van der Waals surface area contributed by atoms with E-state index >= 15 is 0 Å². The Kier molecular flexibility index (Phi) is 4.44. The Hall–Kier alpha value is -1.21. The summed E-state index contributed by atoms with van der Waals surface area (Å²) in [5.41, 5.74) is 0. The van der Waals surface area contributed by atoms with Crippen LogP contribution in [-0.2, 0) is 4.74 Å². The quantitative estimate of drug-likeness (QED) is 0.466. The van der Waals surface area contributed by atoms with Gasteiger partial charge in [-0.05, 0) is 25.8 Å². The van der Waals surface area contributed by atoms with Crippen molar-refractivity contribution in [3.63, 3.8) is 0 Å². The molecule has 0 aromatic carbocycles. The maximum atomic E-state index is 10.6.